The monoisotopic (exact) mass is 437 g/mol. The Morgan fingerprint density at radius 3 is 2.77 bits per heavy atom. The average Bonchev–Trinajstić information content (AvgIpc) is 3.12. The molecule has 0 saturated carbocycles. The Labute approximate surface area is 183 Å². The van der Waals surface area contributed by atoms with Gasteiger partial charge in [-0.25, -0.2) is 4.98 Å². The molecule has 9 heteroatoms. The van der Waals surface area contributed by atoms with Crippen LogP contribution in [0.3, 0.4) is 0 Å². The molecule has 4 rings (SSSR count). The van der Waals surface area contributed by atoms with Crippen LogP contribution in [0.25, 0.3) is 10.2 Å². The summed E-state index contributed by atoms with van der Waals surface area (Å²) in [6.07, 6.45) is 4.41. The van der Waals surface area contributed by atoms with Gasteiger partial charge in [-0.2, -0.15) is 0 Å². The number of anilines is 1. The number of piperidine rings is 1. The zero-order valence-corrected chi connectivity index (χ0v) is 18.1. The third-order valence-electron chi connectivity index (χ3n) is 5.46. The normalized spacial score (nSPS) is 18.7. The van der Waals surface area contributed by atoms with E-state index in [1.807, 2.05) is 25.1 Å². The second kappa shape index (κ2) is 8.43. The van der Waals surface area contributed by atoms with Crippen LogP contribution < -0.4 is 11.1 Å². The van der Waals surface area contributed by atoms with Crippen LogP contribution in [0, 0.1) is 12.8 Å². The van der Waals surface area contributed by atoms with Crippen molar-refractivity contribution in [2.24, 2.45) is 11.7 Å². The van der Waals surface area contributed by atoms with Gasteiger partial charge in [0.25, 0.3) is 0 Å². The molecule has 2 atom stereocenters. The van der Waals surface area contributed by atoms with Crippen molar-refractivity contribution in [3.8, 4) is 0 Å². The molecule has 3 heterocycles. The van der Waals surface area contributed by atoms with Crippen molar-refractivity contribution in [2.45, 2.75) is 32.7 Å². The summed E-state index contributed by atoms with van der Waals surface area (Å²) in [5.74, 6) is -1.76. The molecule has 2 aromatic heterocycles. The van der Waals surface area contributed by atoms with Crippen molar-refractivity contribution in [2.75, 3.05) is 11.9 Å². The number of benzene rings is 1. The first kappa shape index (κ1) is 20.9. The fourth-order valence-electron chi connectivity index (χ4n) is 3.95. The summed E-state index contributed by atoms with van der Waals surface area (Å²) >= 11 is 1.63. The van der Waals surface area contributed by atoms with Crippen LogP contribution in [0.5, 0.6) is 0 Å². The first-order valence-corrected chi connectivity index (χ1v) is 10.9. The zero-order chi connectivity index (χ0) is 22.1. The number of carbonyl (C=O) groups is 3. The van der Waals surface area contributed by atoms with Gasteiger partial charge in [0.05, 0.1) is 38.7 Å². The highest BCUT2D eigenvalue weighted by Gasteiger charge is 2.34. The Kier molecular flexibility index (Phi) is 5.69. The Balaban J connectivity index is 1.57. The minimum atomic E-state index is -0.770. The SMILES string of the molecule is Cc1nc2cc(C3CCC(C)CN3C(=O)C(=O)Nc3cncc(C(N)=O)c3)ccc2s1. The zero-order valence-electron chi connectivity index (χ0n) is 17.3. The largest absolute Gasteiger partial charge is 0.366 e. The van der Waals surface area contributed by atoms with Crippen LogP contribution in [-0.2, 0) is 9.59 Å². The number of primary amides is 1. The number of likely N-dealkylation sites (tertiary alicyclic amines) is 1. The summed E-state index contributed by atoms with van der Waals surface area (Å²) in [6, 6.07) is 7.25. The Bertz CT molecular complexity index is 1170. The third kappa shape index (κ3) is 4.41. The maximum atomic E-state index is 13.1. The molecule has 3 aromatic rings. The Hall–Kier alpha value is -3.33. The summed E-state index contributed by atoms with van der Waals surface area (Å²) in [4.78, 5) is 47.3. The lowest BCUT2D eigenvalue weighted by Gasteiger charge is -2.38. The van der Waals surface area contributed by atoms with E-state index in [-0.39, 0.29) is 23.2 Å². The van der Waals surface area contributed by atoms with Crippen molar-refractivity contribution in [3.05, 3.63) is 52.8 Å². The van der Waals surface area contributed by atoms with E-state index in [4.69, 9.17) is 5.73 Å². The predicted molar refractivity (Wildman–Crippen MR) is 119 cm³/mol. The Morgan fingerprint density at radius 1 is 1.19 bits per heavy atom. The molecule has 0 spiro atoms. The number of aryl methyl sites for hydroxylation is 1. The lowest BCUT2D eigenvalue weighted by Crippen LogP contribution is -2.46. The summed E-state index contributed by atoms with van der Waals surface area (Å²) in [5.41, 5.74) is 7.54. The Morgan fingerprint density at radius 2 is 2.00 bits per heavy atom. The summed E-state index contributed by atoms with van der Waals surface area (Å²) in [6.45, 7) is 4.53. The van der Waals surface area contributed by atoms with Crippen LogP contribution in [0.4, 0.5) is 5.69 Å². The number of hydrogen-bond acceptors (Lipinski definition) is 6. The van der Waals surface area contributed by atoms with E-state index in [2.05, 4.69) is 22.2 Å². The van der Waals surface area contributed by atoms with Gasteiger partial charge in [0.1, 0.15) is 0 Å². The highest BCUT2D eigenvalue weighted by molar-refractivity contribution is 7.18. The van der Waals surface area contributed by atoms with Crippen LogP contribution in [0.2, 0.25) is 0 Å². The van der Waals surface area contributed by atoms with Crippen LogP contribution in [0.1, 0.15) is 46.7 Å². The molecule has 31 heavy (non-hydrogen) atoms. The van der Waals surface area contributed by atoms with Crippen molar-refractivity contribution >= 4 is 45.0 Å². The molecule has 8 nitrogen and oxygen atoms in total. The molecule has 3 N–H and O–H groups in total. The van der Waals surface area contributed by atoms with Gasteiger partial charge in [0.2, 0.25) is 5.91 Å². The molecule has 3 amide bonds. The summed E-state index contributed by atoms with van der Waals surface area (Å²) in [7, 11) is 0. The van der Waals surface area contributed by atoms with Gasteiger partial charge >= 0.3 is 11.8 Å². The molecule has 0 aliphatic carbocycles. The van der Waals surface area contributed by atoms with E-state index in [0.29, 0.717) is 6.54 Å². The maximum absolute atomic E-state index is 13.1. The number of fused-ring (bicyclic) bond motifs is 1. The maximum Gasteiger partial charge on any atom is 0.313 e. The van der Waals surface area contributed by atoms with Gasteiger partial charge in [-0.3, -0.25) is 19.4 Å². The van der Waals surface area contributed by atoms with Gasteiger partial charge in [-0.15, -0.1) is 11.3 Å². The highest BCUT2D eigenvalue weighted by Crippen LogP contribution is 2.35. The van der Waals surface area contributed by atoms with Crippen LogP contribution in [-0.4, -0.2) is 39.1 Å². The van der Waals surface area contributed by atoms with Crippen molar-refractivity contribution < 1.29 is 14.4 Å². The van der Waals surface area contributed by atoms with Gasteiger partial charge in [-0.05, 0) is 49.4 Å². The molecule has 1 aliphatic rings. The molecule has 1 fully saturated rings. The lowest BCUT2D eigenvalue weighted by molar-refractivity contribution is -0.146. The third-order valence-corrected chi connectivity index (χ3v) is 6.41. The standard InChI is InChI=1S/C22H23N5O3S/c1-12-3-5-18(14-4-6-19-17(8-14)25-13(2)31-19)27(11-12)22(30)21(29)26-16-7-15(20(23)28)9-24-10-16/h4,6-10,12,18H,3,5,11H2,1-2H3,(H2,23,28)(H,26,29). The topological polar surface area (TPSA) is 118 Å². The van der Waals surface area contributed by atoms with E-state index in [0.717, 1.165) is 33.6 Å². The van der Waals surface area contributed by atoms with E-state index < -0.39 is 17.7 Å². The smallest absolute Gasteiger partial charge is 0.313 e. The fourth-order valence-corrected chi connectivity index (χ4v) is 4.76. The minimum absolute atomic E-state index is 0.154. The quantitative estimate of drug-likeness (QED) is 0.611. The number of nitrogens with one attached hydrogen (secondary N) is 1. The van der Waals surface area contributed by atoms with Crippen molar-refractivity contribution in [1.29, 1.82) is 0 Å². The number of hydrogen-bond donors (Lipinski definition) is 2. The van der Waals surface area contributed by atoms with Crippen molar-refractivity contribution in [3.63, 3.8) is 0 Å². The second-order valence-corrected chi connectivity index (χ2v) is 9.13. The number of nitrogens with two attached hydrogens (primary N) is 1. The molecule has 1 saturated heterocycles. The number of nitrogens with zero attached hydrogens (tertiary/aromatic N) is 3. The van der Waals surface area contributed by atoms with Gasteiger partial charge in [0.15, 0.2) is 0 Å². The average molecular weight is 438 g/mol. The molecule has 1 aliphatic heterocycles. The molecule has 0 radical (unpaired) electrons. The first-order valence-electron chi connectivity index (χ1n) is 10.1. The van der Waals surface area contributed by atoms with Gasteiger partial charge in [0, 0.05) is 12.7 Å². The number of pyridine rings is 1. The minimum Gasteiger partial charge on any atom is -0.366 e. The van der Waals surface area contributed by atoms with Crippen LogP contribution >= 0.6 is 11.3 Å². The van der Waals surface area contributed by atoms with E-state index in [1.165, 1.54) is 18.5 Å². The molecular weight excluding hydrogens is 414 g/mol. The second-order valence-electron chi connectivity index (χ2n) is 7.90. The van der Waals surface area contributed by atoms with E-state index >= 15 is 0 Å². The summed E-state index contributed by atoms with van der Waals surface area (Å²) < 4.78 is 1.10. The first-order chi connectivity index (χ1) is 14.8. The summed E-state index contributed by atoms with van der Waals surface area (Å²) in [5, 5.41) is 3.53. The predicted octanol–water partition coefficient (Wildman–Crippen LogP) is 3.04. The van der Waals surface area contributed by atoms with Crippen LogP contribution in [0.15, 0.2) is 36.7 Å². The molecular formula is C22H23N5O3S. The number of carbonyl (C=O) groups excluding carboxylic acids is 3. The fraction of sp³-hybridized carbons (Fsp3) is 0.318. The van der Waals surface area contributed by atoms with E-state index in [9.17, 15) is 14.4 Å². The number of thiazole rings is 1. The molecule has 160 valence electrons. The van der Waals surface area contributed by atoms with E-state index in [1.54, 1.807) is 16.2 Å². The molecule has 0 bridgehead atoms. The van der Waals surface area contributed by atoms with Crippen molar-refractivity contribution in [1.82, 2.24) is 14.9 Å². The van der Waals surface area contributed by atoms with Gasteiger partial charge < -0.3 is 16.0 Å². The number of amides is 3. The van der Waals surface area contributed by atoms with Gasteiger partial charge in [-0.1, -0.05) is 13.0 Å². The molecule has 2 unspecified atom stereocenters. The molecule has 1 aromatic carbocycles. The highest BCUT2D eigenvalue weighted by atomic mass is 32.1. The number of rotatable bonds is 3. The number of aromatic nitrogens is 2. The lowest BCUT2D eigenvalue weighted by atomic mass is 9.89.